The van der Waals surface area contributed by atoms with Crippen LogP contribution in [0.2, 0.25) is 0 Å². The summed E-state index contributed by atoms with van der Waals surface area (Å²) in [4.78, 5) is 24.4. The van der Waals surface area contributed by atoms with Gasteiger partial charge in [-0.25, -0.2) is 9.18 Å². The summed E-state index contributed by atoms with van der Waals surface area (Å²) in [5.74, 6) is -2.89. The fourth-order valence-electron chi connectivity index (χ4n) is 3.32. The van der Waals surface area contributed by atoms with Crippen LogP contribution in [0, 0.1) is 17.1 Å². The van der Waals surface area contributed by atoms with E-state index in [1.165, 1.54) is 18.2 Å². The van der Waals surface area contributed by atoms with Crippen molar-refractivity contribution in [3.8, 4) is 6.07 Å². The van der Waals surface area contributed by atoms with E-state index in [1.807, 2.05) is 6.07 Å². The first-order valence-corrected chi connectivity index (χ1v) is 10.5. The monoisotopic (exact) mass is 437 g/mol. The fraction of sp³-hybridized carbons (Fsp3) is 0.174. The van der Waals surface area contributed by atoms with Gasteiger partial charge in [0.15, 0.2) is 0 Å². The molecule has 1 heterocycles. The number of hydrogen-bond donors (Lipinski definition) is 2. The van der Waals surface area contributed by atoms with Gasteiger partial charge < -0.3 is 15.8 Å². The minimum Gasteiger partial charge on any atom is -0.463 e. The molecule has 1 amide bonds. The number of nitrogens with two attached hydrogens (primary N) is 1. The Labute approximate surface area is 183 Å². The van der Waals surface area contributed by atoms with Gasteiger partial charge in [0.1, 0.15) is 5.82 Å². The summed E-state index contributed by atoms with van der Waals surface area (Å²) in [6, 6.07) is 17.0. The molecule has 0 bridgehead atoms. The topological polar surface area (TPSA) is 105 Å². The zero-order valence-electron chi connectivity index (χ0n) is 16.7. The Morgan fingerprint density at radius 2 is 1.87 bits per heavy atom. The molecule has 0 radical (unpaired) electrons. The number of nitrogens with one attached hydrogen (secondary N) is 1. The summed E-state index contributed by atoms with van der Waals surface area (Å²) in [5.41, 5.74) is 6.72. The van der Waals surface area contributed by atoms with Gasteiger partial charge in [-0.2, -0.15) is 5.26 Å². The third-order valence-corrected chi connectivity index (χ3v) is 5.62. The van der Waals surface area contributed by atoms with Crippen LogP contribution in [-0.2, 0) is 14.3 Å². The molecule has 1 atom stereocenters. The third kappa shape index (κ3) is 4.78. The van der Waals surface area contributed by atoms with Crippen molar-refractivity contribution in [2.24, 2.45) is 5.73 Å². The van der Waals surface area contributed by atoms with E-state index >= 15 is 0 Å². The van der Waals surface area contributed by atoms with Crippen molar-refractivity contribution in [1.29, 1.82) is 5.26 Å². The van der Waals surface area contributed by atoms with Crippen molar-refractivity contribution in [2.45, 2.75) is 12.8 Å². The van der Waals surface area contributed by atoms with Crippen molar-refractivity contribution >= 4 is 29.3 Å². The molecule has 0 aliphatic carbocycles. The number of amides is 1. The Kier molecular flexibility index (Phi) is 7.11. The van der Waals surface area contributed by atoms with Crippen LogP contribution in [-0.4, -0.2) is 24.2 Å². The van der Waals surface area contributed by atoms with Gasteiger partial charge in [-0.3, -0.25) is 4.79 Å². The zero-order chi connectivity index (χ0) is 22.4. The number of esters is 1. The van der Waals surface area contributed by atoms with E-state index in [0.717, 1.165) is 11.8 Å². The fourth-order valence-corrected chi connectivity index (χ4v) is 4.10. The number of rotatable bonds is 7. The molecule has 3 rings (SSSR count). The molecule has 0 fully saturated rings. The summed E-state index contributed by atoms with van der Waals surface area (Å²) in [6.07, 6.45) is 0. The number of carbonyl (C=O) groups is 2. The van der Waals surface area contributed by atoms with E-state index < -0.39 is 23.6 Å². The lowest BCUT2D eigenvalue weighted by Crippen LogP contribution is -2.30. The number of halogens is 1. The maximum absolute atomic E-state index is 14.9. The molecule has 2 aromatic rings. The molecule has 6 nitrogen and oxygen atoms in total. The van der Waals surface area contributed by atoms with Crippen molar-refractivity contribution < 1.29 is 18.7 Å². The van der Waals surface area contributed by atoms with E-state index in [4.69, 9.17) is 10.5 Å². The number of ether oxygens (including phenoxy) is 1. The second-order valence-electron chi connectivity index (χ2n) is 6.56. The van der Waals surface area contributed by atoms with Gasteiger partial charge in [-0.05, 0) is 18.6 Å². The maximum atomic E-state index is 14.9. The van der Waals surface area contributed by atoms with Crippen LogP contribution < -0.4 is 11.1 Å². The zero-order valence-corrected chi connectivity index (χ0v) is 17.5. The summed E-state index contributed by atoms with van der Waals surface area (Å²) >= 11 is 1.03. The molecule has 3 N–H and O–H groups in total. The molecular formula is C23H20FN3O3S. The van der Waals surface area contributed by atoms with Gasteiger partial charge in [0.2, 0.25) is 5.91 Å². The number of benzene rings is 2. The second-order valence-corrected chi connectivity index (χ2v) is 7.55. The van der Waals surface area contributed by atoms with Crippen LogP contribution in [0.1, 0.15) is 24.0 Å². The van der Waals surface area contributed by atoms with E-state index in [-0.39, 0.29) is 29.1 Å². The minimum atomic E-state index is -1.02. The highest BCUT2D eigenvalue weighted by Gasteiger charge is 2.38. The molecule has 1 unspecified atom stereocenters. The number of nitriles is 1. The predicted molar refractivity (Wildman–Crippen MR) is 117 cm³/mol. The molecule has 0 saturated heterocycles. The van der Waals surface area contributed by atoms with E-state index in [2.05, 4.69) is 11.4 Å². The van der Waals surface area contributed by atoms with Crippen LogP contribution in [0.4, 0.5) is 4.39 Å². The molecule has 0 saturated carbocycles. The smallest absolute Gasteiger partial charge is 0.337 e. The number of nitrogens with zero attached hydrogens (tertiary/aromatic N) is 1. The molecule has 1 aliphatic rings. The predicted octanol–water partition coefficient (Wildman–Crippen LogP) is 3.44. The highest BCUT2D eigenvalue weighted by Crippen LogP contribution is 2.44. The van der Waals surface area contributed by atoms with Gasteiger partial charge in [0, 0.05) is 5.56 Å². The van der Waals surface area contributed by atoms with Crippen molar-refractivity contribution in [2.75, 3.05) is 12.4 Å². The number of allylic oxidation sites excluding steroid dienone is 1. The van der Waals surface area contributed by atoms with Crippen LogP contribution in [0.25, 0.3) is 5.70 Å². The molecule has 8 heteroatoms. The quantitative estimate of drug-likeness (QED) is 0.643. The molecule has 0 aromatic heterocycles. The molecule has 1 aliphatic heterocycles. The van der Waals surface area contributed by atoms with Gasteiger partial charge in [-0.1, -0.05) is 60.3 Å². The maximum Gasteiger partial charge on any atom is 0.337 e. The highest BCUT2D eigenvalue weighted by atomic mass is 32.2. The third-order valence-electron chi connectivity index (χ3n) is 4.58. The van der Waals surface area contributed by atoms with E-state index in [0.29, 0.717) is 16.3 Å². The Morgan fingerprint density at radius 3 is 2.48 bits per heavy atom. The normalized spacial score (nSPS) is 15.8. The number of hydrogen-bond acceptors (Lipinski definition) is 6. The standard InChI is InChI=1S/C23H20FN3O3S/c1-2-30-23(29)20-19(15-10-6-7-11-17(15)24)16(12-25)22(31-13-18(26)28)27-21(20)14-8-4-3-5-9-14/h3-11,19,27H,2,13H2,1H3,(H2,26,28). The van der Waals surface area contributed by atoms with Gasteiger partial charge in [0.25, 0.3) is 0 Å². The first kappa shape index (κ1) is 22.1. The van der Waals surface area contributed by atoms with Crippen molar-refractivity contribution in [1.82, 2.24) is 5.32 Å². The second kappa shape index (κ2) is 9.96. The van der Waals surface area contributed by atoms with Crippen LogP contribution in [0.15, 0.2) is 70.8 Å². The van der Waals surface area contributed by atoms with Gasteiger partial charge in [-0.15, -0.1) is 0 Å². The number of thioether (sulfide) groups is 1. The van der Waals surface area contributed by atoms with Crippen LogP contribution in [0.5, 0.6) is 0 Å². The molecule has 158 valence electrons. The average Bonchev–Trinajstić information content (AvgIpc) is 2.77. The van der Waals surface area contributed by atoms with Gasteiger partial charge >= 0.3 is 5.97 Å². The summed E-state index contributed by atoms with van der Waals surface area (Å²) in [7, 11) is 0. The lowest BCUT2D eigenvalue weighted by atomic mass is 9.81. The number of primary amides is 1. The molecule has 2 aromatic carbocycles. The van der Waals surface area contributed by atoms with Crippen LogP contribution >= 0.6 is 11.8 Å². The minimum absolute atomic E-state index is 0.0890. The van der Waals surface area contributed by atoms with Gasteiger partial charge in [0.05, 0.1) is 46.2 Å². The Bertz CT molecular complexity index is 1110. The summed E-state index contributed by atoms with van der Waals surface area (Å²) in [6.45, 7) is 1.79. The summed E-state index contributed by atoms with van der Waals surface area (Å²) < 4.78 is 20.1. The Hall–Kier alpha value is -3.57. The SMILES string of the molecule is CCOC(=O)C1=C(c2ccccc2)NC(SCC(N)=O)=C(C#N)C1c1ccccc1F. The Balaban J connectivity index is 2.30. The Morgan fingerprint density at radius 1 is 1.19 bits per heavy atom. The number of dihydropyridines is 1. The first-order chi connectivity index (χ1) is 15.0. The van der Waals surface area contributed by atoms with Crippen molar-refractivity contribution in [3.63, 3.8) is 0 Å². The highest BCUT2D eigenvalue weighted by molar-refractivity contribution is 8.03. The van der Waals surface area contributed by atoms with Crippen molar-refractivity contribution in [3.05, 3.63) is 87.7 Å². The first-order valence-electron chi connectivity index (χ1n) is 9.51. The largest absolute Gasteiger partial charge is 0.463 e. The average molecular weight is 437 g/mol. The molecular weight excluding hydrogens is 417 g/mol. The lowest BCUT2D eigenvalue weighted by molar-refractivity contribution is -0.138. The summed E-state index contributed by atoms with van der Waals surface area (Å²) in [5, 5.41) is 13.4. The lowest BCUT2D eigenvalue weighted by Gasteiger charge is -2.30. The molecule has 0 spiro atoms. The van der Waals surface area contributed by atoms with Crippen LogP contribution in [0.3, 0.4) is 0 Å². The molecule has 31 heavy (non-hydrogen) atoms. The van der Waals surface area contributed by atoms with E-state index in [9.17, 15) is 19.2 Å². The number of carbonyl (C=O) groups excluding carboxylic acids is 2. The van der Waals surface area contributed by atoms with E-state index in [1.54, 1.807) is 37.3 Å².